The van der Waals surface area contributed by atoms with Crippen LogP contribution in [0.2, 0.25) is 0 Å². The molecule has 1 aliphatic carbocycles. The number of nitrogens with two attached hydrogens (primary N) is 1. The lowest BCUT2D eigenvalue weighted by Crippen LogP contribution is -2.61. The van der Waals surface area contributed by atoms with Crippen LogP contribution in [0.5, 0.6) is 0 Å². The van der Waals surface area contributed by atoms with Gasteiger partial charge in [-0.1, -0.05) is 12.8 Å². The Kier molecular flexibility index (Phi) is 3.26. The normalized spacial score (nSPS) is 38.8. The topological polar surface area (TPSA) is 58.4 Å². The fraction of sp³-hybridized carbons (Fsp3) is 0.909. The highest BCUT2D eigenvalue weighted by atomic mass is 16.2. The molecule has 0 aromatic rings. The lowest BCUT2D eigenvalue weighted by atomic mass is 9.88. The van der Waals surface area contributed by atoms with Crippen LogP contribution in [0.25, 0.3) is 0 Å². The summed E-state index contributed by atoms with van der Waals surface area (Å²) in [7, 11) is 0. The Balaban J connectivity index is 2.04. The van der Waals surface area contributed by atoms with Crippen LogP contribution in [0.1, 0.15) is 32.6 Å². The maximum atomic E-state index is 11.6. The molecule has 1 saturated heterocycles. The average molecular weight is 211 g/mol. The molecule has 4 nitrogen and oxygen atoms in total. The van der Waals surface area contributed by atoms with Gasteiger partial charge in [-0.2, -0.15) is 0 Å². The second-order valence-electron chi connectivity index (χ2n) is 4.72. The number of nitrogens with zero attached hydrogens (tertiary/aromatic N) is 1. The molecule has 15 heavy (non-hydrogen) atoms. The highest BCUT2D eigenvalue weighted by molar-refractivity contribution is 5.82. The summed E-state index contributed by atoms with van der Waals surface area (Å²) in [5, 5.41) is 2.89. The van der Waals surface area contributed by atoms with E-state index in [0.717, 1.165) is 25.9 Å². The van der Waals surface area contributed by atoms with Crippen LogP contribution < -0.4 is 11.1 Å². The molecule has 3 N–H and O–H groups in total. The second-order valence-corrected chi connectivity index (χ2v) is 4.72. The Labute approximate surface area is 91.2 Å². The van der Waals surface area contributed by atoms with E-state index in [4.69, 9.17) is 5.73 Å². The van der Waals surface area contributed by atoms with Gasteiger partial charge in [-0.05, 0) is 19.8 Å². The SMILES string of the molecule is CC1C(=O)NCCN1C1CCCCC1N. The summed E-state index contributed by atoms with van der Waals surface area (Å²) in [5.41, 5.74) is 6.14. The van der Waals surface area contributed by atoms with Gasteiger partial charge in [0.1, 0.15) is 0 Å². The van der Waals surface area contributed by atoms with Crippen molar-refractivity contribution < 1.29 is 4.79 Å². The molecule has 0 aromatic heterocycles. The molecule has 0 bridgehead atoms. The van der Waals surface area contributed by atoms with Crippen molar-refractivity contribution >= 4 is 5.91 Å². The third kappa shape index (κ3) is 2.16. The Morgan fingerprint density at radius 3 is 2.87 bits per heavy atom. The molecule has 1 saturated carbocycles. The largest absolute Gasteiger partial charge is 0.353 e. The molecule has 1 heterocycles. The highest BCUT2D eigenvalue weighted by Crippen LogP contribution is 2.24. The van der Waals surface area contributed by atoms with Crippen LogP contribution in [0.3, 0.4) is 0 Å². The average Bonchev–Trinajstić information content (AvgIpc) is 2.23. The van der Waals surface area contributed by atoms with Crippen molar-refractivity contribution in [2.24, 2.45) is 5.73 Å². The minimum atomic E-state index is -0.00657. The molecule has 1 amide bonds. The van der Waals surface area contributed by atoms with E-state index in [9.17, 15) is 4.79 Å². The highest BCUT2D eigenvalue weighted by Gasteiger charge is 2.34. The van der Waals surface area contributed by atoms with Gasteiger partial charge in [-0.25, -0.2) is 0 Å². The van der Waals surface area contributed by atoms with Gasteiger partial charge in [0, 0.05) is 25.2 Å². The number of nitrogens with one attached hydrogen (secondary N) is 1. The number of hydrogen-bond donors (Lipinski definition) is 2. The smallest absolute Gasteiger partial charge is 0.237 e. The van der Waals surface area contributed by atoms with Crippen LogP contribution in [0.15, 0.2) is 0 Å². The molecule has 0 aromatic carbocycles. The Morgan fingerprint density at radius 1 is 1.40 bits per heavy atom. The van der Waals surface area contributed by atoms with Gasteiger partial charge in [0.2, 0.25) is 5.91 Å². The van der Waals surface area contributed by atoms with E-state index < -0.39 is 0 Å². The van der Waals surface area contributed by atoms with Crippen LogP contribution >= 0.6 is 0 Å². The molecule has 2 rings (SSSR count). The van der Waals surface area contributed by atoms with Crippen molar-refractivity contribution in [3.8, 4) is 0 Å². The van der Waals surface area contributed by atoms with Gasteiger partial charge in [-0.3, -0.25) is 9.69 Å². The summed E-state index contributed by atoms with van der Waals surface area (Å²) in [6, 6.07) is 0.666. The monoisotopic (exact) mass is 211 g/mol. The van der Waals surface area contributed by atoms with E-state index in [0.29, 0.717) is 6.04 Å². The predicted molar refractivity (Wildman–Crippen MR) is 59.4 cm³/mol. The molecule has 0 radical (unpaired) electrons. The van der Waals surface area contributed by atoms with Gasteiger partial charge >= 0.3 is 0 Å². The molecule has 2 aliphatic rings. The fourth-order valence-electron chi connectivity index (χ4n) is 2.80. The van der Waals surface area contributed by atoms with Crippen molar-refractivity contribution in [3.63, 3.8) is 0 Å². The maximum absolute atomic E-state index is 11.6. The summed E-state index contributed by atoms with van der Waals surface area (Å²) < 4.78 is 0. The van der Waals surface area contributed by atoms with Crippen LogP contribution in [0, 0.1) is 0 Å². The van der Waals surface area contributed by atoms with Crippen molar-refractivity contribution in [1.29, 1.82) is 0 Å². The first-order valence-corrected chi connectivity index (χ1v) is 5.99. The molecule has 4 heteroatoms. The Hall–Kier alpha value is -0.610. The summed E-state index contributed by atoms with van der Waals surface area (Å²) in [6.07, 6.45) is 4.75. The van der Waals surface area contributed by atoms with E-state index >= 15 is 0 Å². The number of hydrogen-bond acceptors (Lipinski definition) is 3. The van der Waals surface area contributed by atoms with Gasteiger partial charge in [0.25, 0.3) is 0 Å². The van der Waals surface area contributed by atoms with E-state index in [-0.39, 0.29) is 18.0 Å². The van der Waals surface area contributed by atoms with Gasteiger partial charge in [0.15, 0.2) is 0 Å². The van der Waals surface area contributed by atoms with Crippen molar-refractivity contribution in [1.82, 2.24) is 10.2 Å². The fourth-order valence-corrected chi connectivity index (χ4v) is 2.80. The molecule has 0 spiro atoms. The molecule has 3 atom stereocenters. The first-order chi connectivity index (χ1) is 7.20. The van der Waals surface area contributed by atoms with Crippen molar-refractivity contribution in [2.45, 2.75) is 50.7 Å². The maximum Gasteiger partial charge on any atom is 0.237 e. The Bertz CT molecular complexity index is 244. The molecular weight excluding hydrogens is 190 g/mol. The number of amides is 1. The minimum absolute atomic E-state index is 0.00657. The summed E-state index contributed by atoms with van der Waals surface area (Å²) in [6.45, 7) is 3.70. The number of carbonyl (C=O) groups is 1. The zero-order valence-electron chi connectivity index (χ0n) is 9.41. The standard InChI is InChI=1S/C11H21N3O/c1-8-11(15)13-6-7-14(8)10-5-3-2-4-9(10)12/h8-10H,2-7,12H2,1H3,(H,13,15). The third-order valence-corrected chi connectivity index (χ3v) is 3.75. The molecular formula is C11H21N3O. The molecule has 1 aliphatic heterocycles. The zero-order valence-corrected chi connectivity index (χ0v) is 9.41. The second kappa shape index (κ2) is 4.49. The summed E-state index contributed by atoms with van der Waals surface area (Å²) >= 11 is 0. The van der Waals surface area contributed by atoms with Gasteiger partial charge < -0.3 is 11.1 Å². The lowest BCUT2D eigenvalue weighted by molar-refractivity contribution is -0.130. The number of rotatable bonds is 1. The number of piperazine rings is 1. The van der Waals surface area contributed by atoms with E-state index in [1.165, 1.54) is 12.8 Å². The van der Waals surface area contributed by atoms with Crippen LogP contribution in [0.4, 0.5) is 0 Å². The Morgan fingerprint density at radius 2 is 2.13 bits per heavy atom. The predicted octanol–water partition coefficient (Wildman–Crippen LogP) is 0.0766. The van der Waals surface area contributed by atoms with E-state index in [1.807, 2.05) is 6.92 Å². The zero-order chi connectivity index (χ0) is 10.8. The van der Waals surface area contributed by atoms with E-state index in [2.05, 4.69) is 10.2 Å². The quantitative estimate of drug-likeness (QED) is 0.645. The van der Waals surface area contributed by atoms with Gasteiger partial charge in [-0.15, -0.1) is 0 Å². The number of carbonyl (C=O) groups excluding carboxylic acids is 1. The van der Waals surface area contributed by atoms with Crippen molar-refractivity contribution in [2.75, 3.05) is 13.1 Å². The third-order valence-electron chi connectivity index (χ3n) is 3.75. The van der Waals surface area contributed by atoms with Crippen LogP contribution in [-0.2, 0) is 4.79 Å². The minimum Gasteiger partial charge on any atom is -0.353 e. The molecule has 3 unspecified atom stereocenters. The molecule has 2 fully saturated rings. The van der Waals surface area contributed by atoms with Crippen LogP contribution in [-0.4, -0.2) is 42.0 Å². The van der Waals surface area contributed by atoms with Gasteiger partial charge in [0.05, 0.1) is 6.04 Å². The summed E-state index contributed by atoms with van der Waals surface area (Å²) in [5.74, 6) is 0.152. The molecule has 86 valence electrons. The van der Waals surface area contributed by atoms with Crippen molar-refractivity contribution in [3.05, 3.63) is 0 Å². The summed E-state index contributed by atoms with van der Waals surface area (Å²) in [4.78, 5) is 13.9. The first-order valence-electron chi connectivity index (χ1n) is 5.99. The van der Waals surface area contributed by atoms with E-state index in [1.54, 1.807) is 0 Å². The lowest BCUT2D eigenvalue weighted by Gasteiger charge is -2.43. The first kappa shape index (κ1) is 10.9.